The molecule has 7 heteroatoms. The average Bonchev–Trinajstić information content (AvgIpc) is 2.41. The van der Waals surface area contributed by atoms with Gasteiger partial charge in [-0.05, 0) is 50.0 Å². The number of rotatable bonds is 4. The number of halogens is 1. The van der Waals surface area contributed by atoms with E-state index in [9.17, 15) is 8.42 Å². The van der Waals surface area contributed by atoms with E-state index in [1.165, 1.54) is 7.11 Å². The molecule has 2 unspecified atom stereocenters. The third-order valence-electron chi connectivity index (χ3n) is 3.70. The number of aryl methyl sites for hydroxylation is 1. The molecule has 0 aromatic heterocycles. The minimum Gasteiger partial charge on any atom is -0.495 e. The first-order valence-electron chi connectivity index (χ1n) is 6.81. The van der Waals surface area contributed by atoms with Crippen LogP contribution >= 0.6 is 12.4 Å². The van der Waals surface area contributed by atoms with E-state index >= 15 is 0 Å². The summed E-state index contributed by atoms with van der Waals surface area (Å²) in [5.74, 6) is 0.652. The van der Waals surface area contributed by atoms with Crippen molar-refractivity contribution in [3.8, 4) is 5.75 Å². The molecule has 0 spiro atoms. The molecule has 0 amide bonds. The summed E-state index contributed by atoms with van der Waals surface area (Å²) in [5, 5.41) is 3.26. The maximum atomic E-state index is 12.6. The fraction of sp³-hybridized carbons (Fsp3) is 0.571. The van der Waals surface area contributed by atoms with Crippen molar-refractivity contribution >= 4 is 22.4 Å². The summed E-state index contributed by atoms with van der Waals surface area (Å²) >= 11 is 0. The zero-order chi connectivity index (χ0) is 14.8. The van der Waals surface area contributed by atoms with Crippen molar-refractivity contribution in [2.24, 2.45) is 5.92 Å². The van der Waals surface area contributed by atoms with Gasteiger partial charge in [0, 0.05) is 6.04 Å². The summed E-state index contributed by atoms with van der Waals surface area (Å²) in [6.07, 6.45) is 0.800. The van der Waals surface area contributed by atoms with Crippen LogP contribution in [0.2, 0.25) is 0 Å². The lowest BCUT2D eigenvalue weighted by Gasteiger charge is -2.30. The molecule has 1 fully saturated rings. The van der Waals surface area contributed by atoms with E-state index in [4.69, 9.17) is 4.74 Å². The second kappa shape index (κ2) is 7.45. The number of piperidine rings is 1. The van der Waals surface area contributed by atoms with E-state index in [1.807, 2.05) is 19.9 Å². The van der Waals surface area contributed by atoms with Crippen molar-refractivity contribution in [2.75, 3.05) is 20.2 Å². The summed E-state index contributed by atoms with van der Waals surface area (Å²) in [7, 11) is -2.08. The monoisotopic (exact) mass is 334 g/mol. The molecule has 1 aliphatic rings. The summed E-state index contributed by atoms with van der Waals surface area (Å²) < 4.78 is 33.1. The molecule has 2 N–H and O–H groups in total. The van der Waals surface area contributed by atoms with Gasteiger partial charge in [-0.1, -0.05) is 13.0 Å². The highest BCUT2D eigenvalue weighted by molar-refractivity contribution is 7.89. The molecule has 1 aromatic rings. The van der Waals surface area contributed by atoms with Crippen LogP contribution in [0.15, 0.2) is 23.1 Å². The molecule has 0 aliphatic carbocycles. The van der Waals surface area contributed by atoms with Crippen LogP contribution in [0.5, 0.6) is 5.75 Å². The minimum atomic E-state index is -3.56. The Morgan fingerprint density at radius 1 is 1.38 bits per heavy atom. The van der Waals surface area contributed by atoms with Gasteiger partial charge < -0.3 is 10.1 Å². The molecule has 0 saturated carbocycles. The molecule has 1 aliphatic heterocycles. The Bertz CT molecular complexity index is 578. The van der Waals surface area contributed by atoms with Gasteiger partial charge in [0.2, 0.25) is 10.0 Å². The lowest BCUT2D eigenvalue weighted by molar-refractivity contribution is 0.327. The predicted molar refractivity (Wildman–Crippen MR) is 85.7 cm³/mol. The van der Waals surface area contributed by atoms with Crippen molar-refractivity contribution in [1.29, 1.82) is 0 Å². The molecule has 1 aromatic carbocycles. The quantitative estimate of drug-likeness (QED) is 0.879. The van der Waals surface area contributed by atoms with Gasteiger partial charge in [0.05, 0.1) is 7.11 Å². The third kappa shape index (κ3) is 4.32. The van der Waals surface area contributed by atoms with Crippen LogP contribution in [0.25, 0.3) is 0 Å². The number of hydrogen-bond donors (Lipinski definition) is 2. The van der Waals surface area contributed by atoms with Gasteiger partial charge in [0.15, 0.2) is 0 Å². The lowest BCUT2D eigenvalue weighted by Crippen LogP contribution is -2.48. The summed E-state index contributed by atoms with van der Waals surface area (Å²) in [6.45, 7) is 5.58. The van der Waals surface area contributed by atoms with E-state index in [0.29, 0.717) is 5.75 Å². The molecular formula is C14H23ClN2O3S. The molecule has 2 rings (SSSR count). The maximum absolute atomic E-state index is 12.6. The van der Waals surface area contributed by atoms with Crippen LogP contribution in [-0.2, 0) is 10.0 Å². The van der Waals surface area contributed by atoms with Gasteiger partial charge in [-0.25, -0.2) is 13.1 Å². The van der Waals surface area contributed by atoms with Crippen molar-refractivity contribution in [3.63, 3.8) is 0 Å². The molecule has 120 valence electrons. The normalized spacial score (nSPS) is 22.4. The Hall–Kier alpha value is -0.820. The number of hydrogen-bond acceptors (Lipinski definition) is 4. The second-order valence-corrected chi connectivity index (χ2v) is 7.03. The van der Waals surface area contributed by atoms with Gasteiger partial charge in [-0.2, -0.15) is 0 Å². The van der Waals surface area contributed by atoms with E-state index in [0.717, 1.165) is 25.1 Å². The van der Waals surface area contributed by atoms with Gasteiger partial charge >= 0.3 is 0 Å². The first-order valence-corrected chi connectivity index (χ1v) is 8.30. The highest BCUT2D eigenvalue weighted by Crippen LogP contribution is 2.25. The van der Waals surface area contributed by atoms with Crippen LogP contribution in [0.4, 0.5) is 0 Å². The second-order valence-electron chi connectivity index (χ2n) is 5.35. The molecule has 1 heterocycles. The Morgan fingerprint density at radius 2 is 2.10 bits per heavy atom. The van der Waals surface area contributed by atoms with Crippen LogP contribution in [0, 0.1) is 12.8 Å². The van der Waals surface area contributed by atoms with Crippen LogP contribution in [0.1, 0.15) is 18.9 Å². The SMILES string of the molecule is COc1ccc(C)cc1S(=O)(=O)NC1CCNCC1C.Cl. The van der Waals surface area contributed by atoms with E-state index in [1.54, 1.807) is 12.1 Å². The first-order chi connectivity index (χ1) is 9.44. The van der Waals surface area contributed by atoms with E-state index < -0.39 is 10.0 Å². The molecule has 5 nitrogen and oxygen atoms in total. The molecule has 21 heavy (non-hydrogen) atoms. The zero-order valence-corrected chi connectivity index (χ0v) is 14.2. The first kappa shape index (κ1) is 18.2. The van der Waals surface area contributed by atoms with Crippen molar-refractivity contribution in [2.45, 2.75) is 31.2 Å². The third-order valence-corrected chi connectivity index (χ3v) is 5.21. The van der Waals surface area contributed by atoms with Crippen LogP contribution in [-0.4, -0.2) is 34.7 Å². The highest BCUT2D eigenvalue weighted by Gasteiger charge is 2.28. The number of benzene rings is 1. The number of methoxy groups -OCH3 is 1. The van der Waals surface area contributed by atoms with Crippen molar-refractivity contribution < 1.29 is 13.2 Å². The number of nitrogens with one attached hydrogen (secondary N) is 2. The summed E-state index contributed by atoms with van der Waals surface area (Å²) in [5.41, 5.74) is 0.893. The summed E-state index contributed by atoms with van der Waals surface area (Å²) in [6, 6.07) is 5.14. The molecule has 1 saturated heterocycles. The Kier molecular flexibility index (Phi) is 6.46. The topological polar surface area (TPSA) is 67.4 Å². The van der Waals surface area contributed by atoms with Crippen LogP contribution < -0.4 is 14.8 Å². The zero-order valence-electron chi connectivity index (χ0n) is 12.5. The van der Waals surface area contributed by atoms with Gasteiger partial charge in [-0.15, -0.1) is 12.4 Å². The standard InChI is InChI=1S/C14H22N2O3S.ClH/c1-10-4-5-13(19-3)14(8-10)20(17,18)16-12-6-7-15-9-11(12)2;/h4-5,8,11-12,15-16H,6-7,9H2,1-3H3;1H. The number of ether oxygens (including phenoxy) is 1. The lowest BCUT2D eigenvalue weighted by atomic mass is 9.97. The van der Waals surface area contributed by atoms with E-state index in [2.05, 4.69) is 10.0 Å². The molecule has 0 radical (unpaired) electrons. The Morgan fingerprint density at radius 3 is 2.71 bits per heavy atom. The average molecular weight is 335 g/mol. The maximum Gasteiger partial charge on any atom is 0.244 e. The van der Waals surface area contributed by atoms with Crippen molar-refractivity contribution in [3.05, 3.63) is 23.8 Å². The molecule has 0 bridgehead atoms. The van der Waals surface area contributed by atoms with Gasteiger partial charge in [0.1, 0.15) is 10.6 Å². The fourth-order valence-electron chi connectivity index (χ4n) is 2.45. The fourth-order valence-corrected chi connectivity index (χ4v) is 4.08. The predicted octanol–water partition coefficient (Wildman–Crippen LogP) is 1.70. The Labute approximate surface area is 132 Å². The highest BCUT2D eigenvalue weighted by atomic mass is 35.5. The van der Waals surface area contributed by atoms with Crippen molar-refractivity contribution in [1.82, 2.24) is 10.0 Å². The smallest absolute Gasteiger partial charge is 0.244 e. The molecule has 2 atom stereocenters. The number of sulfonamides is 1. The molecular weight excluding hydrogens is 312 g/mol. The minimum absolute atomic E-state index is 0. The van der Waals surface area contributed by atoms with Crippen LogP contribution in [0.3, 0.4) is 0 Å². The summed E-state index contributed by atoms with van der Waals surface area (Å²) in [4.78, 5) is 0.214. The van der Waals surface area contributed by atoms with Gasteiger partial charge in [0.25, 0.3) is 0 Å². The van der Waals surface area contributed by atoms with Gasteiger partial charge in [-0.3, -0.25) is 0 Å². The largest absolute Gasteiger partial charge is 0.495 e. The Balaban J connectivity index is 0.00000220. The van der Waals surface area contributed by atoms with E-state index in [-0.39, 0.29) is 29.3 Å².